The number of ether oxygens (including phenoxy) is 1. The van der Waals surface area contributed by atoms with E-state index in [1.54, 1.807) is 0 Å². The van der Waals surface area contributed by atoms with E-state index in [1.165, 1.54) is 5.56 Å². The van der Waals surface area contributed by atoms with Crippen molar-refractivity contribution < 1.29 is 9.53 Å². The number of hydrogen-bond donors (Lipinski definition) is 1. The summed E-state index contributed by atoms with van der Waals surface area (Å²) in [4.78, 5) is 11.1. The summed E-state index contributed by atoms with van der Waals surface area (Å²) in [6.45, 7) is 2.03. The molecule has 2 atom stereocenters. The highest BCUT2D eigenvalue weighted by molar-refractivity contribution is 5.70. The summed E-state index contributed by atoms with van der Waals surface area (Å²) in [5, 5.41) is 2.84. The highest BCUT2D eigenvalue weighted by Gasteiger charge is 2.32. The van der Waals surface area contributed by atoms with E-state index in [-0.39, 0.29) is 18.2 Å². The topological polar surface area (TPSA) is 38.3 Å². The molecule has 1 heterocycles. The van der Waals surface area contributed by atoms with E-state index in [2.05, 4.69) is 17.4 Å². The minimum Gasteiger partial charge on any atom is -0.444 e. The third kappa shape index (κ3) is 2.29. The maximum Gasteiger partial charge on any atom is 0.407 e. The molecule has 0 unspecified atom stereocenters. The smallest absolute Gasteiger partial charge is 0.407 e. The lowest BCUT2D eigenvalue weighted by atomic mass is 10.0. The summed E-state index contributed by atoms with van der Waals surface area (Å²) in [5.41, 5.74) is 1.23. The third-order valence-corrected chi connectivity index (χ3v) is 2.71. The molecule has 0 aromatic heterocycles. The van der Waals surface area contributed by atoms with E-state index in [0.717, 1.165) is 12.8 Å². The molecule has 0 saturated carbocycles. The van der Waals surface area contributed by atoms with E-state index in [9.17, 15) is 4.79 Å². The van der Waals surface area contributed by atoms with Crippen LogP contribution >= 0.6 is 0 Å². The molecule has 1 aromatic carbocycles. The number of carbonyl (C=O) groups excluding carboxylic acids is 1. The van der Waals surface area contributed by atoms with Gasteiger partial charge in [-0.05, 0) is 18.4 Å². The Kier molecular flexibility index (Phi) is 2.90. The van der Waals surface area contributed by atoms with Crippen LogP contribution in [-0.2, 0) is 11.2 Å². The van der Waals surface area contributed by atoms with Crippen molar-refractivity contribution in [2.45, 2.75) is 31.9 Å². The normalized spacial score (nSPS) is 24.7. The van der Waals surface area contributed by atoms with Crippen molar-refractivity contribution in [3.05, 3.63) is 35.9 Å². The molecule has 2 rings (SSSR count). The van der Waals surface area contributed by atoms with Gasteiger partial charge in [-0.2, -0.15) is 0 Å². The molecule has 1 aromatic rings. The summed E-state index contributed by atoms with van der Waals surface area (Å²) in [6, 6.07) is 10.3. The average Bonchev–Trinajstić information content (AvgIpc) is 2.60. The second-order valence-corrected chi connectivity index (χ2v) is 3.79. The first-order valence-corrected chi connectivity index (χ1v) is 5.30. The fraction of sp³-hybridized carbons (Fsp3) is 0.417. The van der Waals surface area contributed by atoms with Crippen LogP contribution in [0.3, 0.4) is 0 Å². The molecule has 1 saturated heterocycles. The molecule has 0 spiro atoms. The average molecular weight is 205 g/mol. The Morgan fingerprint density at radius 1 is 1.33 bits per heavy atom. The Hall–Kier alpha value is -1.51. The van der Waals surface area contributed by atoms with Crippen LogP contribution < -0.4 is 5.32 Å². The maximum absolute atomic E-state index is 11.1. The van der Waals surface area contributed by atoms with Gasteiger partial charge in [0.25, 0.3) is 0 Å². The first-order chi connectivity index (χ1) is 7.29. The van der Waals surface area contributed by atoms with Gasteiger partial charge >= 0.3 is 6.09 Å². The Morgan fingerprint density at radius 3 is 2.73 bits per heavy atom. The molecule has 3 nitrogen and oxygen atoms in total. The standard InChI is InChI=1S/C12H15NO2/c1-2-11-10(13-12(14)15-11)8-9-6-4-3-5-7-9/h3-7,10-11H,2,8H2,1H3,(H,13,14)/t10-,11+/m0/s1. The number of rotatable bonds is 3. The van der Waals surface area contributed by atoms with E-state index in [0.29, 0.717) is 0 Å². The van der Waals surface area contributed by atoms with Crippen molar-refractivity contribution in [1.82, 2.24) is 5.32 Å². The van der Waals surface area contributed by atoms with Gasteiger partial charge in [0.15, 0.2) is 0 Å². The summed E-state index contributed by atoms with van der Waals surface area (Å²) >= 11 is 0. The summed E-state index contributed by atoms with van der Waals surface area (Å²) < 4.78 is 5.15. The zero-order valence-corrected chi connectivity index (χ0v) is 8.77. The first-order valence-electron chi connectivity index (χ1n) is 5.30. The van der Waals surface area contributed by atoms with Crippen LogP contribution in [-0.4, -0.2) is 18.2 Å². The minimum absolute atomic E-state index is 0.0118. The van der Waals surface area contributed by atoms with Crippen molar-refractivity contribution in [1.29, 1.82) is 0 Å². The number of benzene rings is 1. The lowest BCUT2D eigenvalue weighted by Gasteiger charge is -2.14. The van der Waals surface area contributed by atoms with Crippen LogP contribution in [0.25, 0.3) is 0 Å². The minimum atomic E-state index is -0.289. The van der Waals surface area contributed by atoms with Gasteiger partial charge in [0.1, 0.15) is 6.10 Å². The van der Waals surface area contributed by atoms with Gasteiger partial charge in [0.05, 0.1) is 6.04 Å². The number of amides is 1. The van der Waals surface area contributed by atoms with Gasteiger partial charge < -0.3 is 10.1 Å². The van der Waals surface area contributed by atoms with Crippen LogP contribution in [0.4, 0.5) is 4.79 Å². The third-order valence-electron chi connectivity index (χ3n) is 2.71. The largest absolute Gasteiger partial charge is 0.444 e. The zero-order valence-electron chi connectivity index (χ0n) is 8.77. The molecule has 1 N–H and O–H groups in total. The fourth-order valence-corrected chi connectivity index (χ4v) is 1.92. The molecule has 0 aliphatic carbocycles. The van der Waals surface area contributed by atoms with Crippen molar-refractivity contribution in [3.8, 4) is 0 Å². The van der Waals surface area contributed by atoms with Gasteiger partial charge in [0.2, 0.25) is 0 Å². The molecule has 15 heavy (non-hydrogen) atoms. The molecule has 1 aliphatic rings. The predicted molar refractivity (Wildman–Crippen MR) is 57.6 cm³/mol. The highest BCUT2D eigenvalue weighted by atomic mass is 16.6. The first kappa shape index (κ1) is 10.0. The van der Waals surface area contributed by atoms with Gasteiger partial charge in [0, 0.05) is 0 Å². The Morgan fingerprint density at radius 2 is 2.07 bits per heavy atom. The molecule has 0 bridgehead atoms. The highest BCUT2D eigenvalue weighted by Crippen LogP contribution is 2.16. The van der Waals surface area contributed by atoms with E-state index in [1.807, 2.05) is 25.1 Å². The number of cyclic esters (lactones) is 1. The molecular formula is C12H15NO2. The van der Waals surface area contributed by atoms with Crippen LogP contribution in [0, 0.1) is 0 Å². The Bertz CT molecular complexity index is 337. The van der Waals surface area contributed by atoms with E-state index in [4.69, 9.17) is 4.74 Å². The van der Waals surface area contributed by atoms with Crippen molar-refractivity contribution in [2.75, 3.05) is 0 Å². The number of nitrogens with one attached hydrogen (secondary N) is 1. The van der Waals surface area contributed by atoms with Gasteiger partial charge in [-0.15, -0.1) is 0 Å². The van der Waals surface area contributed by atoms with E-state index < -0.39 is 0 Å². The Balaban J connectivity index is 2.03. The summed E-state index contributed by atoms with van der Waals surface area (Å²) in [7, 11) is 0. The second-order valence-electron chi connectivity index (χ2n) is 3.79. The summed E-state index contributed by atoms with van der Waals surface area (Å²) in [6.07, 6.45) is 1.42. The molecular weight excluding hydrogens is 190 g/mol. The summed E-state index contributed by atoms with van der Waals surface area (Å²) in [5.74, 6) is 0. The van der Waals surface area contributed by atoms with Crippen molar-refractivity contribution in [2.24, 2.45) is 0 Å². The molecule has 1 fully saturated rings. The number of alkyl carbamates (subject to hydrolysis) is 1. The lowest BCUT2D eigenvalue weighted by Crippen LogP contribution is -2.33. The van der Waals surface area contributed by atoms with Crippen molar-refractivity contribution in [3.63, 3.8) is 0 Å². The Labute approximate surface area is 89.4 Å². The lowest BCUT2D eigenvalue weighted by molar-refractivity contribution is 0.129. The number of hydrogen-bond acceptors (Lipinski definition) is 2. The predicted octanol–water partition coefficient (Wildman–Crippen LogP) is 2.12. The molecule has 1 aliphatic heterocycles. The van der Waals surface area contributed by atoms with Gasteiger partial charge in [-0.1, -0.05) is 37.3 Å². The van der Waals surface area contributed by atoms with Gasteiger partial charge in [-0.3, -0.25) is 0 Å². The number of carbonyl (C=O) groups is 1. The van der Waals surface area contributed by atoms with Crippen LogP contribution in [0.15, 0.2) is 30.3 Å². The monoisotopic (exact) mass is 205 g/mol. The van der Waals surface area contributed by atoms with Crippen LogP contribution in [0.5, 0.6) is 0 Å². The fourth-order valence-electron chi connectivity index (χ4n) is 1.92. The van der Waals surface area contributed by atoms with E-state index >= 15 is 0 Å². The maximum atomic E-state index is 11.1. The van der Waals surface area contributed by atoms with Crippen molar-refractivity contribution >= 4 is 6.09 Å². The SMILES string of the molecule is CC[C@H]1OC(=O)N[C@H]1Cc1ccccc1. The second kappa shape index (κ2) is 4.34. The molecule has 3 heteroatoms. The quantitative estimate of drug-likeness (QED) is 0.820. The van der Waals surface area contributed by atoms with Crippen LogP contribution in [0.2, 0.25) is 0 Å². The molecule has 0 radical (unpaired) electrons. The molecule has 1 amide bonds. The van der Waals surface area contributed by atoms with Crippen LogP contribution in [0.1, 0.15) is 18.9 Å². The zero-order chi connectivity index (χ0) is 10.7. The molecule has 80 valence electrons. The van der Waals surface area contributed by atoms with Gasteiger partial charge in [-0.25, -0.2) is 4.79 Å².